The number of nitrogen functional groups attached to an aromatic ring is 1. The van der Waals surface area contributed by atoms with Gasteiger partial charge >= 0.3 is 43.7 Å². The third kappa shape index (κ3) is 5.37. The van der Waals surface area contributed by atoms with E-state index in [0.717, 1.165) is 5.69 Å². The molecule has 0 saturated carbocycles. The summed E-state index contributed by atoms with van der Waals surface area (Å²) >= 11 is 0. The van der Waals surface area contributed by atoms with Gasteiger partial charge in [0.05, 0.1) is 24.7 Å². The first-order valence-electron chi connectivity index (χ1n) is 10.2. The minimum atomic E-state index is -1.55. The molecule has 1 fully saturated rings. The number of hydrogen-bond acceptors (Lipinski definition) is 10. The number of nitrogens with one attached hydrogen (secondary N) is 3. The number of nitrogens with two attached hydrogens (primary N) is 1. The van der Waals surface area contributed by atoms with E-state index in [1.54, 1.807) is 24.3 Å². The van der Waals surface area contributed by atoms with Crippen LogP contribution in [0.1, 0.15) is 23.2 Å². The smallest absolute Gasteiger partial charge is 0.548 e. The average molecular weight is 497 g/mol. The molecular formula is C20H22CaN7O6+. The second kappa shape index (κ2) is 10.5. The number of carbonyl (C=O) groups is 3. The molecule has 6 N–H and O–H groups in total. The summed E-state index contributed by atoms with van der Waals surface area (Å²) in [7, 11) is 0. The predicted molar refractivity (Wildman–Crippen MR) is 122 cm³/mol. The third-order valence-electron chi connectivity index (χ3n) is 5.63. The number of hydrogen-bond donors (Lipinski definition) is 5. The first-order chi connectivity index (χ1) is 15.7. The van der Waals surface area contributed by atoms with E-state index in [2.05, 4.69) is 20.6 Å². The summed E-state index contributed by atoms with van der Waals surface area (Å²) in [5.74, 6) is -2.88. The fourth-order valence-corrected chi connectivity index (χ4v) is 4.00. The van der Waals surface area contributed by atoms with E-state index < -0.39 is 30.3 Å². The Labute approximate surface area is 223 Å². The maximum atomic E-state index is 12.4. The van der Waals surface area contributed by atoms with Crippen LogP contribution < -0.4 is 36.8 Å². The number of benzene rings is 1. The summed E-state index contributed by atoms with van der Waals surface area (Å²) in [4.78, 5) is 57.3. The van der Waals surface area contributed by atoms with Gasteiger partial charge in [0.1, 0.15) is 5.69 Å². The van der Waals surface area contributed by atoms with Gasteiger partial charge in [-0.2, -0.15) is 4.98 Å². The Morgan fingerprint density at radius 2 is 2.00 bits per heavy atom. The molecule has 2 atom stereocenters. The van der Waals surface area contributed by atoms with E-state index >= 15 is 0 Å². The molecule has 1 aromatic heterocycles. The van der Waals surface area contributed by atoms with Crippen molar-refractivity contribution < 1.29 is 24.6 Å². The van der Waals surface area contributed by atoms with Gasteiger partial charge in [-0.25, -0.2) is 0 Å². The van der Waals surface area contributed by atoms with Gasteiger partial charge in [-0.05, 0) is 30.7 Å². The minimum absolute atomic E-state index is 0. The molecule has 174 valence electrons. The molecule has 4 rings (SSSR count). The Morgan fingerprint density at radius 3 is 2.65 bits per heavy atom. The number of carbonyl (C=O) groups excluding carboxylic acids is 2. The summed E-state index contributed by atoms with van der Waals surface area (Å²) in [5.41, 5.74) is 6.76. The Hall–Kier alpha value is -3.03. The summed E-state index contributed by atoms with van der Waals surface area (Å²) in [6.45, 7) is 1.64. The minimum Gasteiger partial charge on any atom is -0.548 e. The van der Waals surface area contributed by atoms with Crippen LogP contribution in [0.2, 0.25) is 0 Å². The molecule has 3 heterocycles. The fraction of sp³-hybridized carbons (Fsp3) is 0.350. The van der Waals surface area contributed by atoms with Crippen LogP contribution in [0.25, 0.3) is 0 Å². The van der Waals surface area contributed by atoms with Crippen molar-refractivity contribution >= 4 is 78.7 Å². The zero-order chi connectivity index (χ0) is 23.7. The SMILES string of the molecule is Nc1nc2c(c(=O)[nH]1)N1CN(c3ccc(C(=O)N[C@@H](CCC(=O)O)C(=O)[O-])cc3)C[C@@H]1CN2.[Ca+2]. The number of nitrogens with zero attached hydrogens (tertiary/aromatic N) is 3. The first kappa shape index (κ1) is 25.6. The third-order valence-corrected chi connectivity index (χ3v) is 5.63. The zero-order valence-electron chi connectivity index (χ0n) is 18.1. The number of aliphatic carboxylic acids is 2. The zero-order valence-corrected chi connectivity index (χ0v) is 20.3. The number of H-pyrrole nitrogens is 1. The van der Waals surface area contributed by atoms with Crippen molar-refractivity contribution in [3.8, 4) is 0 Å². The second-order valence-electron chi connectivity index (χ2n) is 7.84. The van der Waals surface area contributed by atoms with Crippen molar-refractivity contribution in [2.45, 2.75) is 24.9 Å². The van der Waals surface area contributed by atoms with Gasteiger partial charge < -0.3 is 41.2 Å². The predicted octanol–water partition coefficient (Wildman–Crippen LogP) is -2.24. The van der Waals surface area contributed by atoms with E-state index in [4.69, 9.17) is 10.8 Å². The van der Waals surface area contributed by atoms with Crippen molar-refractivity contribution in [1.29, 1.82) is 0 Å². The molecule has 2 aliphatic rings. The van der Waals surface area contributed by atoms with Crippen LogP contribution in [0.5, 0.6) is 0 Å². The first-order valence-corrected chi connectivity index (χ1v) is 10.2. The molecule has 13 nitrogen and oxygen atoms in total. The van der Waals surface area contributed by atoms with Gasteiger partial charge in [0, 0.05) is 30.8 Å². The van der Waals surface area contributed by atoms with Gasteiger partial charge in [0.2, 0.25) is 5.95 Å². The molecule has 1 aromatic carbocycles. The summed E-state index contributed by atoms with van der Waals surface area (Å²) in [6, 6.07) is 5.16. The molecule has 0 spiro atoms. The van der Waals surface area contributed by atoms with Crippen molar-refractivity contribution in [2.75, 3.05) is 40.6 Å². The van der Waals surface area contributed by atoms with Gasteiger partial charge in [0.15, 0.2) is 5.82 Å². The average Bonchev–Trinajstić information content (AvgIpc) is 3.20. The molecule has 2 aromatic rings. The van der Waals surface area contributed by atoms with Crippen molar-refractivity contribution in [1.82, 2.24) is 15.3 Å². The van der Waals surface area contributed by atoms with Gasteiger partial charge in [-0.15, -0.1) is 0 Å². The molecule has 0 unspecified atom stereocenters. The van der Waals surface area contributed by atoms with Crippen LogP contribution in [0, 0.1) is 0 Å². The standard InChI is InChI=1S/C20H23N7O6.Ca/c21-20-24-16-15(18(31)25-20)27-9-26(8-12(27)7-22-16)11-3-1-10(2-4-11)17(30)23-13(19(32)33)5-6-14(28)29;/h1-4,12-13H,5-9H2,(H,23,30)(H,28,29)(H,32,33)(H4,21,22,24,25,31);/q;+2/p-1/t12-,13-;/m0./s1. The van der Waals surface area contributed by atoms with Gasteiger partial charge in [-0.1, -0.05) is 0 Å². The van der Waals surface area contributed by atoms with Gasteiger partial charge in [-0.3, -0.25) is 19.4 Å². The van der Waals surface area contributed by atoms with E-state index in [0.29, 0.717) is 31.3 Å². The number of aromatic nitrogens is 2. The maximum absolute atomic E-state index is 12.4. The molecule has 1 saturated heterocycles. The van der Waals surface area contributed by atoms with Crippen molar-refractivity contribution in [3.63, 3.8) is 0 Å². The van der Waals surface area contributed by atoms with Crippen LogP contribution in [0.4, 0.5) is 23.1 Å². The Bertz CT molecular complexity index is 1160. The number of amides is 1. The summed E-state index contributed by atoms with van der Waals surface area (Å²) in [5, 5.41) is 25.3. The summed E-state index contributed by atoms with van der Waals surface area (Å²) < 4.78 is 0. The molecule has 1 amide bonds. The molecule has 2 aliphatic heterocycles. The van der Waals surface area contributed by atoms with E-state index in [-0.39, 0.29) is 67.3 Å². The Morgan fingerprint density at radius 1 is 1.29 bits per heavy atom. The molecule has 0 aliphatic carbocycles. The second-order valence-corrected chi connectivity index (χ2v) is 7.84. The van der Waals surface area contributed by atoms with Crippen LogP contribution in [0.15, 0.2) is 29.1 Å². The van der Waals surface area contributed by atoms with Crippen molar-refractivity contribution in [2.24, 2.45) is 0 Å². The molecule has 34 heavy (non-hydrogen) atoms. The van der Waals surface area contributed by atoms with Crippen LogP contribution in [0.3, 0.4) is 0 Å². The summed E-state index contributed by atoms with van der Waals surface area (Å²) in [6.07, 6.45) is -0.685. The van der Waals surface area contributed by atoms with E-state index in [9.17, 15) is 24.3 Å². The fourth-order valence-electron chi connectivity index (χ4n) is 4.00. The largest absolute Gasteiger partial charge is 2.00 e. The Kier molecular flexibility index (Phi) is 7.89. The molecular weight excluding hydrogens is 474 g/mol. The quantitative estimate of drug-likeness (QED) is 0.260. The number of fused-ring (bicyclic) bond motifs is 3. The topological polar surface area (TPSA) is 197 Å². The molecule has 0 radical (unpaired) electrons. The number of carboxylic acid groups (broad SMARTS) is 2. The number of anilines is 4. The monoisotopic (exact) mass is 496 g/mol. The molecule has 14 heteroatoms. The number of aromatic amines is 1. The normalized spacial score (nSPS) is 17.0. The van der Waals surface area contributed by atoms with Crippen molar-refractivity contribution in [3.05, 3.63) is 40.2 Å². The maximum Gasteiger partial charge on any atom is 2.00 e. The van der Waals surface area contributed by atoms with Crippen LogP contribution in [-0.4, -0.2) is 103 Å². The van der Waals surface area contributed by atoms with E-state index in [1.165, 1.54) is 0 Å². The van der Waals surface area contributed by atoms with Gasteiger partial charge in [0.25, 0.3) is 11.5 Å². The number of rotatable bonds is 7. The van der Waals surface area contributed by atoms with Crippen LogP contribution in [-0.2, 0) is 9.59 Å². The number of carboxylic acids is 2. The van der Waals surface area contributed by atoms with E-state index in [1.807, 2.05) is 9.80 Å². The van der Waals surface area contributed by atoms with Crippen LogP contribution >= 0.6 is 0 Å². The molecule has 0 bridgehead atoms. The Balaban J connectivity index is 0.00000324.